The number of carbonyl (C=O) groups is 7. The summed E-state index contributed by atoms with van der Waals surface area (Å²) < 4.78 is 29.8. The third-order valence-electron chi connectivity index (χ3n) is 15.6. The number of nitrogens with one attached hydrogen (secondary N) is 2. The maximum absolute atomic E-state index is 12.5. The molecule has 12 heterocycles. The fourth-order valence-corrected chi connectivity index (χ4v) is 10.2. The molecule has 3 saturated carbocycles. The number of esters is 2. The fourth-order valence-electron chi connectivity index (χ4n) is 8.81. The van der Waals surface area contributed by atoms with Crippen LogP contribution in [0.5, 0.6) is 0 Å². The van der Waals surface area contributed by atoms with Gasteiger partial charge in [-0.3, -0.25) is 24.0 Å². The minimum Gasteiger partial charge on any atom is -1.00 e. The van der Waals surface area contributed by atoms with E-state index in [0.29, 0.717) is 104 Å². The number of imidazole rings is 4. The van der Waals surface area contributed by atoms with Crippen molar-refractivity contribution in [1.29, 1.82) is 10.5 Å². The third-order valence-corrected chi connectivity index (χ3v) is 17.8. The molecule has 5 N–H and O–H groups in total. The summed E-state index contributed by atoms with van der Waals surface area (Å²) >= 11 is 9.40. The number of carboxylic acids is 1. The molecule has 0 unspecified atom stereocenters. The van der Waals surface area contributed by atoms with Crippen LogP contribution in [0, 0.1) is 106 Å². The number of nitrogens with zero attached hydrogens (tertiary/aromatic N) is 17. The van der Waals surface area contributed by atoms with Crippen LogP contribution in [0.15, 0.2) is 125 Å². The van der Waals surface area contributed by atoms with Crippen LogP contribution < -0.4 is 46.6 Å². The first kappa shape index (κ1) is 106. The molecular formula is C83H82BBr3CaCl2N20O12. The average Bonchev–Trinajstić information content (AvgIpc) is 1.63. The number of terminal acetylenes is 1. The number of carboxylic acid groups (broad SMARTS) is 1. The molecule has 0 spiro atoms. The van der Waals surface area contributed by atoms with Gasteiger partial charge in [0.25, 0.3) is 17.8 Å². The summed E-state index contributed by atoms with van der Waals surface area (Å²) in [6.45, 7) is 18.5. The van der Waals surface area contributed by atoms with E-state index in [-0.39, 0.29) is 122 Å². The Balaban J connectivity index is 0.000000473. The number of ether oxygens (including phenoxy) is 2. The number of hydrogen-bond donors (Lipinski definition) is 4. The van der Waals surface area contributed by atoms with E-state index in [1.807, 2.05) is 52.0 Å². The van der Waals surface area contributed by atoms with Gasteiger partial charge < -0.3 is 65.1 Å². The van der Waals surface area contributed by atoms with Crippen molar-refractivity contribution in [2.45, 2.75) is 157 Å². The van der Waals surface area contributed by atoms with E-state index in [4.69, 9.17) is 51.4 Å². The summed E-state index contributed by atoms with van der Waals surface area (Å²) in [6.07, 6.45) is 23.5. The number of amides is 4. The van der Waals surface area contributed by atoms with Crippen molar-refractivity contribution < 1.29 is 82.3 Å². The van der Waals surface area contributed by atoms with E-state index in [9.17, 15) is 28.8 Å². The Hall–Kier alpha value is -11.6. The number of carbonyl (C=O) groups excluding carboxylic acids is 6. The van der Waals surface area contributed by atoms with Crippen LogP contribution in [0.3, 0.4) is 0 Å². The van der Waals surface area contributed by atoms with Crippen molar-refractivity contribution in [3.8, 4) is 107 Å². The SMILES string of the molecule is C.C#CC#CC#CC#CC.CC#CC#CC#CC.CC(=O)O.CC1(C)OB(c2ccc(C#N)nc2)OC1(C)C.CCOC(=O)c1cn2ncccc2n1.CCOC(=O)c1nc2cccnn2c1Br.N#Cc1ccc(-c2c(C(=O)NC3CC3)nc3cccnn23)cn1.NC1CC1.O=C(NC1CC1)c1nc2cccnn2c1Br.O=C1CCC(=O)N1Br.[Ca+2].[Cl-].[Cl-]. The van der Waals surface area contributed by atoms with Crippen LogP contribution in [0.1, 0.15) is 181 Å². The largest absolute Gasteiger partial charge is 2.00 e. The predicted octanol–water partition coefficient (Wildman–Crippen LogP) is 3.36. The second-order valence-electron chi connectivity index (χ2n) is 25.2. The normalized spacial score (nSPS) is 12.9. The summed E-state index contributed by atoms with van der Waals surface area (Å²) in [7, 11) is -0.416. The monoisotopic (exact) mass is 1910 g/mol. The molecular weight excluding hydrogens is 1830 g/mol. The second-order valence-corrected chi connectivity index (χ2v) is 27.5. The van der Waals surface area contributed by atoms with Crippen LogP contribution >= 0.6 is 48.0 Å². The smallest absolute Gasteiger partial charge is 1.00 e. The number of fused-ring (bicyclic) bond motifs is 4. The van der Waals surface area contributed by atoms with Gasteiger partial charge in [-0.25, -0.2) is 61.5 Å². The van der Waals surface area contributed by atoms with Gasteiger partial charge in [-0.15, -0.1) is 6.42 Å². The molecule has 2 saturated heterocycles. The predicted molar refractivity (Wildman–Crippen MR) is 458 cm³/mol. The first-order chi connectivity index (χ1) is 56.6. The minimum atomic E-state index is -0.833. The summed E-state index contributed by atoms with van der Waals surface area (Å²) in [5.74, 6) is 30.1. The molecule has 5 fully saturated rings. The number of nitriles is 2. The van der Waals surface area contributed by atoms with Gasteiger partial charge in [0.2, 0.25) is 11.8 Å². The van der Waals surface area contributed by atoms with Gasteiger partial charge in [0.1, 0.15) is 38.4 Å². The standard InChI is InChI=1S/C16H12N6O.C12H15BN2O2.C10H9BrN4O.C9H8BrN3O2.C9H9N3O2.C9H4.C8H6.C4H4BrNO2.C3H7N.C2H4O2.CH4.Ca.2ClH/c17-8-12-4-3-10(9-18-12)15-14(16(23)20-11-5-6-11)21-13-2-1-7-19-22(13)15;1-11(2)12(3,4)17-13(16-11)9-5-6-10(7-14)15-8-9;11-9-8(10(16)13-6-3-4-6)14-7-2-1-5-12-15(7)9;1-2-15-9(14)7-8(10)13-6(12-7)4-3-5-11-13;1-2-14-9(13)7-6-12-8(11-7)4-3-5-10-12;1-3-5-7-9-8-6-4-2;1-3-5-7-8-6-4-2;5-6-3(7)1-2-4(6)8;4-3-1-2-3;1-2(3)4;;;;/h1-4,7,9,11H,5-6H2,(H,20,23);5-6,8H,1-4H3;1-2,5-6H,3-4H2,(H,13,16);3-5H,2H2,1H3;3-6H,2H2,1H3;1H,2H3;1-2H3;1-2H2;3H,1-2,4H2;1H3,(H,3,4);1H4;;2*1H/q;;;;;;;;;;;+2;;/p-2. The van der Waals surface area contributed by atoms with Gasteiger partial charge in [-0.1, -0.05) is 31.3 Å². The zero-order valence-corrected chi connectivity index (χ0v) is 75.6. The van der Waals surface area contributed by atoms with Crippen molar-refractivity contribution in [2.24, 2.45) is 5.73 Å². The summed E-state index contributed by atoms with van der Waals surface area (Å²) in [5.41, 5.74) is 11.1. The number of nitrogens with two attached hydrogens (primary N) is 1. The molecule has 10 aromatic heterocycles. The molecule has 4 amide bonds. The molecule has 0 radical (unpaired) electrons. The molecule has 10 aromatic rings. The number of halogens is 5. The van der Waals surface area contributed by atoms with Gasteiger partial charge in [0, 0.05) is 86.1 Å². The zero-order chi connectivity index (χ0) is 86.3. The molecule has 0 aromatic carbocycles. The molecule has 39 heteroatoms. The number of aromatic nitrogens is 14. The molecule has 0 atom stereocenters. The first-order valence-electron chi connectivity index (χ1n) is 35.9. The molecule has 2 aliphatic heterocycles. The Morgan fingerprint density at radius 1 is 0.598 bits per heavy atom. The van der Waals surface area contributed by atoms with E-state index in [1.165, 1.54) is 21.9 Å². The van der Waals surface area contributed by atoms with Gasteiger partial charge in [0.15, 0.2) is 45.4 Å². The quantitative estimate of drug-likeness (QED) is 0.0501. The van der Waals surface area contributed by atoms with E-state index < -0.39 is 25.0 Å². The third kappa shape index (κ3) is 34.5. The molecule has 122 heavy (non-hydrogen) atoms. The minimum absolute atomic E-state index is 0. The Morgan fingerprint density at radius 2 is 1.00 bits per heavy atom. The molecule has 626 valence electrons. The van der Waals surface area contributed by atoms with Crippen molar-refractivity contribution >= 4 is 162 Å². The second kappa shape index (κ2) is 54.6. The first-order valence-corrected chi connectivity index (χ1v) is 38.2. The van der Waals surface area contributed by atoms with Crippen molar-refractivity contribution in [3.05, 3.63) is 160 Å². The summed E-state index contributed by atoms with van der Waals surface area (Å²) in [4.78, 5) is 102. The Morgan fingerprint density at radius 3 is 1.39 bits per heavy atom. The van der Waals surface area contributed by atoms with Crippen molar-refractivity contribution in [2.75, 3.05) is 13.2 Å². The summed E-state index contributed by atoms with van der Waals surface area (Å²) in [6, 6.07) is 26.2. The Kier molecular flexibility index (Phi) is 47.7. The van der Waals surface area contributed by atoms with Crippen LogP contribution in [0.25, 0.3) is 33.8 Å². The molecule has 3 aliphatic carbocycles. The number of aliphatic carboxylic acids is 1. The number of hydrogen-bond acceptors (Lipinski definition) is 24. The molecule has 32 nitrogen and oxygen atoms in total. The van der Waals surface area contributed by atoms with E-state index in [1.54, 1.807) is 148 Å². The fraction of sp³-hybridized carbons (Fsp3) is 0.313. The number of imide groups is 1. The van der Waals surface area contributed by atoms with Gasteiger partial charge >= 0.3 is 56.8 Å². The van der Waals surface area contributed by atoms with Crippen molar-refractivity contribution in [3.63, 3.8) is 0 Å². The molecule has 0 bridgehead atoms. The van der Waals surface area contributed by atoms with E-state index in [0.717, 1.165) is 42.0 Å². The Bertz CT molecular complexity index is 5720. The molecule has 15 rings (SSSR count). The molecule has 5 aliphatic rings. The van der Waals surface area contributed by atoms with Crippen LogP contribution in [0.4, 0.5) is 0 Å². The van der Waals surface area contributed by atoms with Crippen molar-refractivity contribution in [1.82, 2.24) is 82.9 Å². The number of rotatable bonds is 10. The number of pyridine rings is 2. The maximum Gasteiger partial charge on any atom is 2.00 e. The zero-order valence-electron chi connectivity index (χ0n) is 67.1. The average molecular weight is 1910 g/mol. The van der Waals surface area contributed by atoms with Gasteiger partial charge in [-0.05, 0) is 259 Å². The van der Waals surface area contributed by atoms with E-state index >= 15 is 0 Å². The Labute approximate surface area is 774 Å². The van der Waals surface area contributed by atoms with Gasteiger partial charge in [0.05, 0.1) is 46.8 Å². The van der Waals surface area contributed by atoms with Crippen LogP contribution in [-0.4, -0.2) is 206 Å². The summed E-state index contributed by atoms with van der Waals surface area (Å²) in [5, 5.41) is 47.2. The topological polar surface area (TPSA) is 424 Å². The van der Waals surface area contributed by atoms with Crippen LogP contribution in [0.2, 0.25) is 0 Å². The maximum atomic E-state index is 12.5. The van der Waals surface area contributed by atoms with E-state index in [2.05, 4.69) is 186 Å². The van der Waals surface area contributed by atoms with Gasteiger partial charge in [-0.2, -0.15) is 30.9 Å². The van der Waals surface area contributed by atoms with Crippen LogP contribution in [-0.2, 0) is 33.2 Å².